The molecule has 4 heteroatoms. The maximum Gasteiger partial charge on any atom is 0.325 e. The first-order chi connectivity index (χ1) is 8.70. The van der Waals surface area contributed by atoms with Crippen molar-refractivity contribution in [1.29, 1.82) is 0 Å². The fraction of sp³-hybridized carbons (Fsp3) is 0.286. The quantitative estimate of drug-likeness (QED) is 0.657. The van der Waals surface area contributed by atoms with Crippen molar-refractivity contribution in [3.8, 4) is 0 Å². The Balaban J connectivity index is 2.22. The van der Waals surface area contributed by atoms with E-state index in [0.717, 1.165) is 16.5 Å². The van der Waals surface area contributed by atoms with Crippen LogP contribution in [0.15, 0.2) is 36.7 Å². The number of nitrogens with zero attached hydrogens (tertiary/aromatic N) is 1. The van der Waals surface area contributed by atoms with Gasteiger partial charge in [-0.25, -0.2) is 4.57 Å². The highest BCUT2D eigenvalue weighted by Gasteiger charge is 2.06. The first-order valence-electron chi connectivity index (χ1n) is 5.98. The molecule has 0 amide bonds. The molecule has 0 saturated carbocycles. The van der Waals surface area contributed by atoms with Crippen molar-refractivity contribution >= 4 is 22.4 Å². The third-order valence-electron chi connectivity index (χ3n) is 2.69. The van der Waals surface area contributed by atoms with Crippen LogP contribution in [0.4, 0.5) is 5.69 Å². The van der Waals surface area contributed by atoms with Crippen molar-refractivity contribution in [3.63, 3.8) is 0 Å². The second kappa shape index (κ2) is 5.49. The van der Waals surface area contributed by atoms with E-state index in [1.807, 2.05) is 48.3 Å². The number of ether oxygens (including phenoxy) is 1. The Hall–Kier alpha value is -2.10. The van der Waals surface area contributed by atoms with Crippen molar-refractivity contribution in [3.05, 3.63) is 36.7 Å². The Morgan fingerprint density at radius 2 is 2.22 bits per heavy atom. The van der Waals surface area contributed by atoms with Crippen LogP contribution in [0.25, 0.3) is 10.8 Å². The van der Waals surface area contributed by atoms with E-state index in [2.05, 4.69) is 5.32 Å². The first-order valence-corrected chi connectivity index (χ1v) is 5.98. The van der Waals surface area contributed by atoms with Crippen molar-refractivity contribution in [2.75, 3.05) is 18.5 Å². The van der Waals surface area contributed by atoms with E-state index < -0.39 is 0 Å². The average Bonchev–Trinajstić information content (AvgIpc) is 2.36. The summed E-state index contributed by atoms with van der Waals surface area (Å²) in [5, 5.41) is 5.34. The summed E-state index contributed by atoms with van der Waals surface area (Å²) in [6, 6.07) is 8.02. The van der Waals surface area contributed by atoms with Crippen molar-refractivity contribution in [1.82, 2.24) is 0 Å². The van der Waals surface area contributed by atoms with Crippen LogP contribution in [0.3, 0.4) is 0 Å². The summed E-state index contributed by atoms with van der Waals surface area (Å²) >= 11 is 0. The zero-order valence-electron chi connectivity index (χ0n) is 10.6. The molecule has 0 aliphatic heterocycles. The van der Waals surface area contributed by atoms with Gasteiger partial charge in [-0.1, -0.05) is 12.1 Å². The summed E-state index contributed by atoms with van der Waals surface area (Å²) < 4.78 is 6.88. The number of hydrogen-bond acceptors (Lipinski definition) is 3. The number of aromatic nitrogens is 1. The normalized spacial score (nSPS) is 10.3. The SMILES string of the molecule is CCOC(=O)CNc1cccc2cc[n+](C)cc12. The van der Waals surface area contributed by atoms with Gasteiger partial charge in [0.25, 0.3) is 0 Å². The summed E-state index contributed by atoms with van der Waals surface area (Å²) in [5.41, 5.74) is 0.941. The number of pyridine rings is 1. The number of rotatable bonds is 4. The lowest BCUT2D eigenvalue weighted by Gasteiger charge is -2.08. The monoisotopic (exact) mass is 245 g/mol. The minimum absolute atomic E-state index is 0.186. The molecule has 1 N–H and O–H groups in total. The number of nitrogens with one attached hydrogen (secondary N) is 1. The molecule has 2 aromatic rings. The maximum absolute atomic E-state index is 11.3. The largest absolute Gasteiger partial charge is 0.465 e. The number of carbonyl (C=O) groups is 1. The second-order valence-electron chi connectivity index (χ2n) is 4.08. The second-order valence-corrected chi connectivity index (χ2v) is 4.08. The Kier molecular flexibility index (Phi) is 3.77. The van der Waals surface area contributed by atoms with Crippen LogP contribution in [0.2, 0.25) is 0 Å². The highest BCUT2D eigenvalue weighted by Crippen LogP contribution is 2.21. The molecule has 0 aliphatic rings. The van der Waals surface area contributed by atoms with Crippen LogP contribution >= 0.6 is 0 Å². The predicted octanol–water partition coefficient (Wildman–Crippen LogP) is 1.64. The van der Waals surface area contributed by atoms with Gasteiger partial charge in [-0.3, -0.25) is 4.79 Å². The molecule has 1 aromatic heterocycles. The maximum atomic E-state index is 11.3. The zero-order valence-corrected chi connectivity index (χ0v) is 10.6. The van der Waals surface area contributed by atoms with Gasteiger partial charge < -0.3 is 10.1 Å². The highest BCUT2D eigenvalue weighted by molar-refractivity contribution is 5.93. The molecule has 0 fully saturated rings. The third-order valence-corrected chi connectivity index (χ3v) is 2.69. The number of aryl methyl sites for hydroxylation is 1. The van der Waals surface area contributed by atoms with E-state index >= 15 is 0 Å². The number of fused-ring (bicyclic) bond motifs is 1. The summed E-state index contributed by atoms with van der Waals surface area (Å²) in [4.78, 5) is 11.3. The van der Waals surface area contributed by atoms with Crippen molar-refractivity contribution < 1.29 is 14.1 Å². The Morgan fingerprint density at radius 1 is 1.39 bits per heavy atom. The fourth-order valence-corrected chi connectivity index (χ4v) is 1.85. The van der Waals surface area contributed by atoms with Gasteiger partial charge in [0.15, 0.2) is 12.4 Å². The van der Waals surface area contributed by atoms with E-state index in [0.29, 0.717) is 6.61 Å². The molecular weight excluding hydrogens is 228 g/mol. The number of esters is 1. The Bertz CT molecular complexity index is 567. The molecule has 4 nitrogen and oxygen atoms in total. The van der Waals surface area contributed by atoms with E-state index in [-0.39, 0.29) is 12.5 Å². The molecule has 0 saturated heterocycles. The lowest BCUT2D eigenvalue weighted by Crippen LogP contribution is -2.26. The minimum atomic E-state index is -0.241. The topological polar surface area (TPSA) is 42.2 Å². The molecule has 0 bridgehead atoms. The highest BCUT2D eigenvalue weighted by atomic mass is 16.5. The van der Waals surface area contributed by atoms with E-state index in [1.165, 1.54) is 0 Å². The van der Waals surface area contributed by atoms with Crippen LogP contribution in [0, 0.1) is 0 Å². The van der Waals surface area contributed by atoms with Gasteiger partial charge in [0.1, 0.15) is 13.6 Å². The van der Waals surface area contributed by atoms with Gasteiger partial charge in [-0.2, -0.15) is 0 Å². The molecule has 18 heavy (non-hydrogen) atoms. The summed E-state index contributed by atoms with van der Waals surface area (Å²) in [5.74, 6) is -0.241. The van der Waals surface area contributed by atoms with Crippen molar-refractivity contribution in [2.45, 2.75) is 6.92 Å². The Labute approximate surface area is 106 Å². The summed E-state index contributed by atoms with van der Waals surface area (Å²) in [7, 11) is 1.97. The molecule has 0 radical (unpaired) electrons. The number of benzene rings is 1. The molecular formula is C14H17N2O2+. The van der Waals surface area contributed by atoms with Gasteiger partial charge in [-0.05, 0) is 18.4 Å². The lowest BCUT2D eigenvalue weighted by molar-refractivity contribution is -0.670. The van der Waals surface area contributed by atoms with Crippen LogP contribution in [-0.4, -0.2) is 19.1 Å². The number of anilines is 1. The molecule has 0 atom stereocenters. The molecule has 94 valence electrons. The zero-order chi connectivity index (χ0) is 13.0. The third kappa shape index (κ3) is 2.77. The molecule has 0 spiro atoms. The molecule has 1 heterocycles. The van der Waals surface area contributed by atoms with E-state index in [1.54, 1.807) is 6.92 Å². The van der Waals surface area contributed by atoms with Crippen LogP contribution in [0.5, 0.6) is 0 Å². The molecule has 1 aromatic carbocycles. The van der Waals surface area contributed by atoms with E-state index in [4.69, 9.17) is 4.74 Å². The summed E-state index contributed by atoms with van der Waals surface area (Å²) in [6.45, 7) is 2.40. The van der Waals surface area contributed by atoms with Gasteiger partial charge in [0.2, 0.25) is 0 Å². The predicted molar refractivity (Wildman–Crippen MR) is 70.2 cm³/mol. The fourth-order valence-electron chi connectivity index (χ4n) is 1.85. The summed E-state index contributed by atoms with van der Waals surface area (Å²) in [6.07, 6.45) is 4.03. The molecule has 0 unspecified atom stereocenters. The number of hydrogen-bond donors (Lipinski definition) is 1. The number of carbonyl (C=O) groups excluding carboxylic acids is 1. The van der Waals surface area contributed by atoms with E-state index in [9.17, 15) is 4.79 Å². The van der Waals surface area contributed by atoms with Crippen LogP contribution in [0.1, 0.15) is 6.92 Å². The smallest absolute Gasteiger partial charge is 0.325 e. The lowest BCUT2D eigenvalue weighted by atomic mass is 10.1. The molecule has 2 rings (SSSR count). The van der Waals surface area contributed by atoms with Gasteiger partial charge >= 0.3 is 5.97 Å². The van der Waals surface area contributed by atoms with Gasteiger partial charge in [0, 0.05) is 11.8 Å². The standard InChI is InChI=1S/C14H16N2O2/c1-3-18-14(17)9-15-13-6-4-5-11-7-8-16(2)10-12(11)13/h4-8,10H,3,9H2,1-2H3/p+1. The van der Waals surface area contributed by atoms with Gasteiger partial charge in [0.05, 0.1) is 12.0 Å². The Morgan fingerprint density at radius 3 is 3.00 bits per heavy atom. The minimum Gasteiger partial charge on any atom is -0.465 e. The van der Waals surface area contributed by atoms with Crippen LogP contribution < -0.4 is 9.88 Å². The van der Waals surface area contributed by atoms with Crippen molar-refractivity contribution in [2.24, 2.45) is 7.05 Å². The molecule has 0 aliphatic carbocycles. The average molecular weight is 245 g/mol. The van der Waals surface area contributed by atoms with Gasteiger partial charge in [-0.15, -0.1) is 0 Å². The first kappa shape index (κ1) is 12.4. The van der Waals surface area contributed by atoms with Crippen LogP contribution in [-0.2, 0) is 16.6 Å².